The van der Waals surface area contributed by atoms with Crippen molar-refractivity contribution < 1.29 is 24.5 Å². The van der Waals surface area contributed by atoms with Crippen molar-refractivity contribution in [1.82, 2.24) is 0 Å². The molecule has 2 fully saturated rings. The first-order chi connectivity index (χ1) is 13.1. The Morgan fingerprint density at radius 2 is 1.89 bits per heavy atom. The van der Waals surface area contributed by atoms with Crippen molar-refractivity contribution in [3.8, 4) is 5.75 Å². The lowest BCUT2D eigenvalue weighted by Gasteiger charge is -2.26. The van der Waals surface area contributed by atoms with E-state index in [2.05, 4.69) is 19.2 Å². The van der Waals surface area contributed by atoms with Crippen LogP contribution in [0.5, 0.6) is 5.75 Å². The third-order valence-electron chi connectivity index (χ3n) is 5.68. The van der Waals surface area contributed by atoms with Crippen LogP contribution in [0.1, 0.15) is 39.5 Å². The summed E-state index contributed by atoms with van der Waals surface area (Å²) in [4.78, 5) is 28.1. The molecular formula is C21H33N3O3+2. The smallest absolute Gasteiger partial charge is 0.292 e. The molecule has 2 saturated heterocycles. The van der Waals surface area contributed by atoms with Crippen molar-refractivity contribution in [2.24, 2.45) is 5.92 Å². The number of piperidine rings is 1. The summed E-state index contributed by atoms with van der Waals surface area (Å²) in [7, 11) is 0. The predicted octanol–water partition coefficient (Wildman–Crippen LogP) is -0.0145. The number of benzene rings is 1. The van der Waals surface area contributed by atoms with Crippen LogP contribution in [-0.2, 0) is 9.59 Å². The molecule has 2 aliphatic heterocycles. The lowest BCUT2D eigenvalue weighted by molar-refractivity contribution is -0.918. The zero-order chi connectivity index (χ0) is 19.2. The second kappa shape index (κ2) is 9.33. The highest BCUT2D eigenvalue weighted by molar-refractivity contribution is 6.21. The number of carbonyl (C=O) groups excluding carboxylic acids is 2. The third-order valence-corrected chi connectivity index (χ3v) is 5.68. The molecule has 1 atom stereocenters. The number of likely N-dealkylation sites (tertiary alicyclic amines) is 1. The molecule has 6 nitrogen and oxygen atoms in total. The van der Waals surface area contributed by atoms with E-state index in [-0.39, 0.29) is 17.9 Å². The van der Waals surface area contributed by atoms with Crippen LogP contribution in [0.15, 0.2) is 24.3 Å². The molecule has 2 aliphatic rings. The van der Waals surface area contributed by atoms with E-state index in [1.54, 1.807) is 17.0 Å². The number of imide groups is 1. The van der Waals surface area contributed by atoms with Crippen molar-refractivity contribution in [2.75, 3.05) is 37.7 Å². The van der Waals surface area contributed by atoms with Gasteiger partial charge in [-0.15, -0.1) is 0 Å². The molecule has 0 saturated carbocycles. The Balaban J connectivity index is 1.50. The van der Waals surface area contributed by atoms with Gasteiger partial charge in [-0.3, -0.25) is 9.59 Å². The second-order valence-corrected chi connectivity index (χ2v) is 7.93. The van der Waals surface area contributed by atoms with Crippen LogP contribution in [0.4, 0.5) is 5.69 Å². The van der Waals surface area contributed by atoms with E-state index in [1.807, 2.05) is 12.1 Å². The minimum Gasteiger partial charge on any atom is -0.494 e. The van der Waals surface area contributed by atoms with Gasteiger partial charge in [0.25, 0.3) is 5.91 Å². The Morgan fingerprint density at radius 3 is 2.56 bits per heavy atom. The van der Waals surface area contributed by atoms with Gasteiger partial charge in [0.1, 0.15) is 18.8 Å². The van der Waals surface area contributed by atoms with E-state index in [0.717, 1.165) is 31.2 Å². The van der Waals surface area contributed by atoms with Gasteiger partial charge >= 0.3 is 0 Å². The van der Waals surface area contributed by atoms with Crippen LogP contribution in [0, 0.1) is 5.92 Å². The van der Waals surface area contributed by atoms with Gasteiger partial charge < -0.3 is 15.0 Å². The minimum absolute atomic E-state index is 0.0931. The third kappa shape index (κ3) is 5.08. The lowest BCUT2D eigenvalue weighted by Crippen LogP contribution is -3.16. The van der Waals surface area contributed by atoms with Gasteiger partial charge in [0, 0.05) is 0 Å². The highest BCUT2D eigenvalue weighted by atomic mass is 16.5. The average molecular weight is 376 g/mol. The number of quaternary nitrogens is 2. The molecule has 0 radical (unpaired) electrons. The van der Waals surface area contributed by atoms with Crippen molar-refractivity contribution in [3.63, 3.8) is 0 Å². The van der Waals surface area contributed by atoms with Crippen LogP contribution in [0.3, 0.4) is 0 Å². The molecule has 3 N–H and O–H groups in total. The molecule has 2 amide bonds. The molecule has 0 aromatic heterocycles. The van der Waals surface area contributed by atoms with Crippen LogP contribution in [0.25, 0.3) is 0 Å². The van der Waals surface area contributed by atoms with Crippen molar-refractivity contribution in [2.45, 2.75) is 45.6 Å². The zero-order valence-electron chi connectivity index (χ0n) is 16.6. The van der Waals surface area contributed by atoms with Gasteiger partial charge in [0.2, 0.25) is 5.91 Å². The molecule has 3 rings (SSSR count). The van der Waals surface area contributed by atoms with Gasteiger partial charge in [-0.25, -0.2) is 4.90 Å². The fourth-order valence-corrected chi connectivity index (χ4v) is 3.93. The highest BCUT2D eigenvalue weighted by Gasteiger charge is 2.42. The number of nitrogens with one attached hydrogen (secondary N) is 1. The van der Waals surface area contributed by atoms with E-state index < -0.39 is 0 Å². The molecule has 6 heteroatoms. The molecule has 0 unspecified atom stereocenters. The molecule has 0 bridgehead atoms. The Hall–Kier alpha value is -1.92. The van der Waals surface area contributed by atoms with E-state index in [1.165, 1.54) is 30.8 Å². The number of nitrogens with zero attached hydrogens (tertiary/aromatic N) is 1. The monoisotopic (exact) mass is 375 g/mol. The Morgan fingerprint density at radius 1 is 1.19 bits per heavy atom. The normalized spacial score (nSPS) is 25.9. The lowest BCUT2D eigenvalue weighted by atomic mass is 9.99. The summed E-state index contributed by atoms with van der Waals surface area (Å²) in [5.74, 6) is 1.41. The van der Waals surface area contributed by atoms with E-state index in [9.17, 15) is 9.59 Å². The summed E-state index contributed by atoms with van der Waals surface area (Å²) in [5.41, 5.74) is 0.639. The van der Waals surface area contributed by atoms with Gasteiger partial charge in [-0.1, -0.05) is 13.8 Å². The van der Waals surface area contributed by atoms with Crippen LogP contribution < -0.4 is 19.9 Å². The number of ether oxygens (including phenoxy) is 1. The maximum Gasteiger partial charge on any atom is 0.292 e. The first-order valence-corrected chi connectivity index (χ1v) is 10.3. The topological polar surface area (TPSA) is 67.7 Å². The van der Waals surface area contributed by atoms with Crippen LogP contribution in [0.2, 0.25) is 0 Å². The minimum atomic E-state index is -0.281. The Kier molecular flexibility index (Phi) is 6.85. The fourth-order valence-electron chi connectivity index (χ4n) is 3.93. The maximum absolute atomic E-state index is 12.7. The molecule has 1 aromatic carbocycles. The summed E-state index contributed by atoms with van der Waals surface area (Å²) >= 11 is 0. The van der Waals surface area contributed by atoms with Crippen LogP contribution in [-0.4, -0.2) is 50.6 Å². The van der Waals surface area contributed by atoms with E-state index in [0.29, 0.717) is 18.7 Å². The predicted molar refractivity (Wildman–Crippen MR) is 104 cm³/mol. The zero-order valence-corrected chi connectivity index (χ0v) is 16.6. The Labute approximate surface area is 161 Å². The van der Waals surface area contributed by atoms with Gasteiger partial charge in [0.15, 0.2) is 6.04 Å². The molecule has 148 valence electrons. The SMILES string of the molecule is CCCOc1ccc(N2C(=O)C[C@H]([NH2+]CC[NH+]3CCC(C)CC3)C2=O)cc1. The number of hydrogen-bond donors (Lipinski definition) is 2. The molecule has 2 heterocycles. The second-order valence-electron chi connectivity index (χ2n) is 7.93. The number of amides is 2. The van der Waals surface area contributed by atoms with Gasteiger partial charge in [-0.05, 0) is 49.4 Å². The maximum atomic E-state index is 12.7. The van der Waals surface area contributed by atoms with Crippen molar-refractivity contribution in [1.29, 1.82) is 0 Å². The standard InChI is InChI=1S/C21H31N3O3/c1-3-14-27-18-6-4-17(5-7-18)24-20(25)15-19(21(24)26)22-10-13-23-11-8-16(2)9-12-23/h4-7,16,19,22H,3,8-15H2,1-2H3/p+2/t19-/m0/s1. The molecule has 0 aliphatic carbocycles. The molecular weight excluding hydrogens is 342 g/mol. The number of nitrogens with two attached hydrogens (primary N) is 1. The summed E-state index contributed by atoms with van der Waals surface area (Å²) in [6.45, 7) is 9.45. The Bertz CT molecular complexity index is 639. The quantitative estimate of drug-likeness (QED) is 0.628. The molecule has 27 heavy (non-hydrogen) atoms. The van der Waals surface area contributed by atoms with Crippen LogP contribution >= 0.6 is 0 Å². The van der Waals surface area contributed by atoms with Crippen molar-refractivity contribution >= 4 is 17.5 Å². The van der Waals surface area contributed by atoms with E-state index in [4.69, 9.17) is 4.74 Å². The van der Waals surface area contributed by atoms with Gasteiger partial charge in [0.05, 0.1) is 31.8 Å². The average Bonchev–Trinajstić information content (AvgIpc) is 2.96. The molecule has 1 aromatic rings. The largest absolute Gasteiger partial charge is 0.494 e. The summed E-state index contributed by atoms with van der Waals surface area (Å²) in [6, 6.07) is 6.95. The fraction of sp³-hybridized carbons (Fsp3) is 0.619. The number of rotatable bonds is 8. The number of hydrogen-bond acceptors (Lipinski definition) is 3. The number of carbonyl (C=O) groups is 2. The highest BCUT2D eigenvalue weighted by Crippen LogP contribution is 2.24. The first kappa shape index (κ1) is 19.8. The summed E-state index contributed by atoms with van der Waals surface area (Å²) < 4.78 is 5.57. The first-order valence-electron chi connectivity index (χ1n) is 10.3. The van der Waals surface area contributed by atoms with Crippen molar-refractivity contribution in [3.05, 3.63) is 24.3 Å². The summed E-state index contributed by atoms with van der Waals surface area (Å²) in [6.07, 6.45) is 3.82. The summed E-state index contributed by atoms with van der Waals surface area (Å²) in [5, 5.41) is 2.06. The van der Waals surface area contributed by atoms with Gasteiger partial charge in [-0.2, -0.15) is 0 Å². The molecule has 0 spiro atoms. The van der Waals surface area contributed by atoms with E-state index >= 15 is 0 Å². The number of anilines is 1.